The molecule has 0 aliphatic carbocycles. The Hall–Kier alpha value is -1.82. The van der Waals surface area contributed by atoms with Crippen LogP contribution in [0.4, 0.5) is 11.4 Å². The van der Waals surface area contributed by atoms with Crippen molar-refractivity contribution < 1.29 is 13.6 Å². The molecule has 0 fully saturated rings. The molecule has 0 aliphatic rings. The maximum Gasteiger partial charge on any atom is 0.242 e. The topological polar surface area (TPSA) is 59.6 Å². The largest absolute Gasteiger partial charge is 0.543 e. The second-order valence-electron chi connectivity index (χ2n) is 12.9. The molecule has 0 atom stereocenters. The number of anilines is 2. The third-order valence-electron chi connectivity index (χ3n) is 4.34. The smallest absolute Gasteiger partial charge is 0.242 e. The van der Waals surface area contributed by atoms with Crippen molar-refractivity contribution in [1.82, 2.24) is 0 Å². The van der Waals surface area contributed by atoms with Gasteiger partial charge in [0.2, 0.25) is 16.6 Å². The average molecular weight is 533 g/mol. The average Bonchev–Trinajstić information content (AvgIpc) is 2.59. The van der Waals surface area contributed by atoms with Crippen LogP contribution in [0, 0.1) is 0 Å². The number of benzene rings is 2. The Morgan fingerprint density at radius 3 is 1.18 bits per heavy atom. The van der Waals surface area contributed by atoms with E-state index in [2.05, 4.69) is 88.5 Å². The molecule has 0 saturated carbocycles. The third-order valence-corrected chi connectivity index (χ3v) is 8.04. The first-order valence-electron chi connectivity index (χ1n) is 12.0. The molecule has 0 heterocycles. The molecule has 5 nitrogen and oxygen atoms in total. The Morgan fingerprint density at radius 1 is 0.588 bits per heavy atom. The van der Waals surface area contributed by atoms with Gasteiger partial charge in [0.25, 0.3) is 0 Å². The van der Waals surface area contributed by atoms with Crippen molar-refractivity contribution in [2.24, 2.45) is 0 Å². The van der Waals surface area contributed by atoms with Gasteiger partial charge in [-0.2, -0.15) is 0 Å². The fourth-order valence-electron chi connectivity index (χ4n) is 3.35. The summed E-state index contributed by atoms with van der Waals surface area (Å²) in [5.41, 5.74) is 3.13. The van der Waals surface area contributed by atoms with E-state index in [9.17, 15) is 4.79 Å². The molecular weight excluding hydrogens is 489 g/mol. The van der Waals surface area contributed by atoms with Crippen molar-refractivity contribution in [2.45, 2.75) is 78.6 Å². The van der Waals surface area contributed by atoms with Crippen LogP contribution in [0.1, 0.15) is 15.9 Å². The van der Waals surface area contributed by atoms with Crippen LogP contribution in [0.25, 0.3) is 0 Å². The number of ketones is 1. The fourth-order valence-corrected chi connectivity index (χ4v) is 7.03. The summed E-state index contributed by atoms with van der Waals surface area (Å²) in [7, 11) is -6.89. The van der Waals surface area contributed by atoms with Gasteiger partial charge in [-0.15, -0.1) is 0 Å². The highest BCUT2D eigenvalue weighted by Crippen LogP contribution is 2.33. The molecule has 0 aliphatic heterocycles. The van der Waals surface area contributed by atoms with Gasteiger partial charge in [-0.3, -0.25) is 4.79 Å². The van der Waals surface area contributed by atoms with Crippen LogP contribution in [0.3, 0.4) is 0 Å². The van der Waals surface area contributed by atoms with Gasteiger partial charge in [0.15, 0.2) is 5.78 Å². The van der Waals surface area contributed by atoms with E-state index in [1.165, 1.54) is 0 Å². The minimum Gasteiger partial charge on any atom is -0.543 e. The highest BCUT2D eigenvalue weighted by Gasteiger charge is 2.25. The molecule has 0 radical (unpaired) electrons. The molecule has 2 aromatic carbocycles. The lowest BCUT2D eigenvalue weighted by Gasteiger charge is -2.27. The molecule has 9 heteroatoms. The van der Waals surface area contributed by atoms with Gasteiger partial charge in [-0.05, 0) is 75.7 Å². The SMILES string of the molecule is C[Si](C)(C)Nc1cc(C(=O)c2ccc(O[Si](C)(C)C)c(N[Si](C)(C)C)c2)ccc1O[Si](C)(C)C. The zero-order chi connectivity index (χ0) is 26.1. The molecule has 0 aromatic heterocycles. The van der Waals surface area contributed by atoms with Crippen molar-refractivity contribution in [3.63, 3.8) is 0 Å². The zero-order valence-corrected chi connectivity index (χ0v) is 27.2. The molecule has 34 heavy (non-hydrogen) atoms. The Morgan fingerprint density at radius 2 is 0.912 bits per heavy atom. The number of nitrogens with one attached hydrogen (secondary N) is 2. The van der Waals surface area contributed by atoms with Gasteiger partial charge in [0, 0.05) is 11.1 Å². The van der Waals surface area contributed by atoms with Crippen molar-refractivity contribution >= 4 is 50.3 Å². The Bertz CT molecular complexity index is 949. The van der Waals surface area contributed by atoms with Crippen LogP contribution < -0.4 is 18.8 Å². The van der Waals surface area contributed by atoms with Crippen LogP contribution in [0.15, 0.2) is 36.4 Å². The first kappa shape index (κ1) is 28.4. The van der Waals surface area contributed by atoms with E-state index in [1.54, 1.807) is 0 Å². The molecule has 0 saturated heterocycles. The molecule has 2 aromatic rings. The third kappa shape index (κ3) is 9.44. The first-order valence-corrected chi connectivity index (χ1v) is 25.8. The second-order valence-corrected chi connectivity index (χ2v) is 31.3. The molecule has 0 bridgehead atoms. The monoisotopic (exact) mass is 532 g/mol. The highest BCUT2D eigenvalue weighted by atomic mass is 28.4. The quantitative estimate of drug-likeness (QED) is 0.241. The van der Waals surface area contributed by atoms with E-state index in [4.69, 9.17) is 8.85 Å². The standard InChI is InChI=1S/C25H44N2O3Si4/c1-31(2,3)26-21-17-19(13-15-23(21)29-33(7,8)9)25(28)20-14-16-24(30-34(10,11)12)22(18-20)27-32(4,5)6/h13-18,26-27H,1-12H3. The van der Waals surface area contributed by atoms with E-state index in [1.807, 2.05) is 36.4 Å². The van der Waals surface area contributed by atoms with E-state index >= 15 is 0 Å². The molecule has 2 N–H and O–H groups in total. The maximum absolute atomic E-state index is 13.6. The number of carbonyl (C=O) groups is 1. The fraction of sp³-hybridized carbons (Fsp3) is 0.480. The van der Waals surface area contributed by atoms with Crippen molar-refractivity contribution in [3.8, 4) is 11.5 Å². The number of rotatable bonds is 10. The molecule has 2 rings (SSSR count). The van der Waals surface area contributed by atoms with Gasteiger partial charge >= 0.3 is 0 Å². The van der Waals surface area contributed by atoms with Gasteiger partial charge < -0.3 is 18.8 Å². The van der Waals surface area contributed by atoms with E-state index in [-0.39, 0.29) is 5.78 Å². The van der Waals surface area contributed by atoms with E-state index in [0.717, 1.165) is 22.9 Å². The number of carbonyl (C=O) groups excluding carboxylic acids is 1. The van der Waals surface area contributed by atoms with Crippen molar-refractivity contribution in [1.29, 1.82) is 0 Å². The lowest BCUT2D eigenvalue weighted by atomic mass is 10.0. The van der Waals surface area contributed by atoms with Crippen LogP contribution in [-0.2, 0) is 0 Å². The van der Waals surface area contributed by atoms with Gasteiger partial charge in [-0.25, -0.2) is 0 Å². The Labute approximate surface area is 211 Å². The summed E-state index contributed by atoms with van der Waals surface area (Å²) in [4.78, 5) is 20.9. The van der Waals surface area contributed by atoms with Gasteiger partial charge in [0.05, 0.1) is 11.4 Å². The molecule has 0 spiro atoms. The lowest BCUT2D eigenvalue weighted by Crippen LogP contribution is -2.34. The number of hydrogen-bond donors (Lipinski definition) is 2. The maximum atomic E-state index is 13.6. The van der Waals surface area contributed by atoms with Crippen molar-refractivity contribution in [3.05, 3.63) is 47.5 Å². The number of hydrogen-bond acceptors (Lipinski definition) is 5. The van der Waals surface area contributed by atoms with E-state index < -0.39 is 33.1 Å². The van der Waals surface area contributed by atoms with Crippen LogP contribution in [0.2, 0.25) is 78.6 Å². The van der Waals surface area contributed by atoms with Crippen LogP contribution >= 0.6 is 0 Å². The van der Waals surface area contributed by atoms with E-state index in [0.29, 0.717) is 11.1 Å². The Kier molecular flexibility index (Phi) is 8.39. The molecule has 188 valence electrons. The first-order chi connectivity index (χ1) is 15.2. The summed E-state index contributed by atoms with van der Waals surface area (Å²) in [6, 6.07) is 11.6. The minimum absolute atomic E-state index is 0.00337. The molecular formula is C25H44N2O3Si4. The summed E-state index contributed by atoms with van der Waals surface area (Å²) >= 11 is 0. The summed E-state index contributed by atoms with van der Waals surface area (Å²) in [6.45, 7) is 26.5. The van der Waals surface area contributed by atoms with Crippen LogP contribution in [-0.4, -0.2) is 38.9 Å². The van der Waals surface area contributed by atoms with Gasteiger partial charge in [-0.1, -0.05) is 39.3 Å². The molecule has 0 amide bonds. The van der Waals surface area contributed by atoms with Crippen LogP contribution in [0.5, 0.6) is 11.5 Å². The summed E-state index contributed by atoms with van der Waals surface area (Å²) < 4.78 is 12.6. The second kappa shape index (κ2) is 10.0. The summed E-state index contributed by atoms with van der Waals surface area (Å²) in [5, 5.41) is 0. The highest BCUT2D eigenvalue weighted by molar-refractivity contribution is 6.79. The summed E-state index contributed by atoms with van der Waals surface area (Å²) in [6.07, 6.45) is 0. The zero-order valence-electron chi connectivity index (χ0n) is 23.2. The van der Waals surface area contributed by atoms with Crippen molar-refractivity contribution in [2.75, 3.05) is 9.96 Å². The molecule has 0 unspecified atom stereocenters. The predicted octanol–water partition coefficient (Wildman–Crippen LogP) is 7.84. The predicted molar refractivity (Wildman–Crippen MR) is 158 cm³/mol. The lowest BCUT2D eigenvalue weighted by molar-refractivity contribution is 0.103. The summed E-state index contributed by atoms with van der Waals surface area (Å²) in [5.74, 6) is 1.66. The Balaban J connectivity index is 2.50. The normalized spacial score (nSPS) is 12.8. The van der Waals surface area contributed by atoms with Gasteiger partial charge in [0.1, 0.15) is 28.0 Å². The minimum atomic E-state index is -1.79.